The van der Waals surface area contributed by atoms with Gasteiger partial charge in [0.25, 0.3) is 0 Å². The van der Waals surface area contributed by atoms with Crippen molar-refractivity contribution in [3.05, 3.63) is 58.6 Å². The zero-order valence-corrected chi connectivity index (χ0v) is 16.8. The lowest BCUT2D eigenvalue weighted by molar-refractivity contribution is 0.0248. The number of amides is 1. The van der Waals surface area contributed by atoms with Gasteiger partial charge < -0.3 is 14.5 Å². The smallest absolute Gasteiger partial charge is 0.410 e. The van der Waals surface area contributed by atoms with Gasteiger partial charge in [0.05, 0.1) is 10.7 Å². The van der Waals surface area contributed by atoms with Gasteiger partial charge in [-0.15, -0.1) is 0 Å². The molecule has 5 heteroatoms. The molecule has 0 saturated carbocycles. The lowest BCUT2D eigenvalue weighted by Gasteiger charge is -2.28. The zero-order chi connectivity index (χ0) is 19.2. The van der Waals surface area contributed by atoms with Crippen molar-refractivity contribution in [3.8, 4) is 0 Å². The molecule has 0 aromatic heterocycles. The molecule has 2 heterocycles. The van der Waals surface area contributed by atoms with Gasteiger partial charge in [-0.05, 0) is 56.5 Å². The number of carbonyl (C=O) groups is 1. The maximum Gasteiger partial charge on any atom is 0.410 e. The molecule has 2 aliphatic heterocycles. The van der Waals surface area contributed by atoms with Crippen molar-refractivity contribution >= 4 is 29.1 Å². The summed E-state index contributed by atoms with van der Waals surface area (Å²) in [5.41, 5.74) is 4.30. The van der Waals surface area contributed by atoms with Crippen molar-refractivity contribution in [1.29, 1.82) is 0 Å². The maximum atomic E-state index is 12.7. The highest BCUT2D eigenvalue weighted by molar-refractivity contribution is 6.33. The molecule has 0 radical (unpaired) electrons. The highest BCUT2D eigenvalue weighted by atomic mass is 35.5. The summed E-state index contributed by atoms with van der Waals surface area (Å²) in [5, 5.41) is 0.769. The Labute approximate surface area is 165 Å². The summed E-state index contributed by atoms with van der Waals surface area (Å²) in [5.74, 6) is 0.226. The molecule has 1 amide bonds. The number of hydrogen-bond donors (Lipinski definition) is 0. The van der Waals surface area contributed by atoms with E-state index in [-0.39, 0.29) is 12.0 Å². The second kappa shape index (κ2) is 6.75. The number of nitrogens with zero attached hydrogens (tertiary/aromatic N) is 2. The first-order valence-electron chi connectivity index (χ1n) is 9.45. The third-order valence-electron chi connectivity index (χ3n) is 5.15. The van der Waals surface area contributed by atoms with Gasteiger partial charge in [0.1, 0.15) is 5.60 Å². The van der Waals surface area contributed by atoms with Crippen LogP contribution in [0.2, 0.25) is 5.02 Å². The SMILES string of the molecule is CC(C)(C)OC(=O)N1CCc2ccc(Cl)c3c2[C@@H](C1)CN3c1ccccc1. The van der Waals surface area contributed by atoms with Crippen molar-refractivity contribution in [1.82, 2.24) is 4.90 Å². The van der Waals surface area contributed by atoms with E-state index in [2.05, 4.69) is 23.1 Å². The Morgan fingerprint density at radius 1 is 1.11 bits per heavy atom. The van der Waals surface area contributed by atoms with E-state index in [1.54, 1.807) is 0 Å². The number of benzene rings is 2. The van der Waals surface area contributed by atoms with Gasteiger partial charge in [0.2, 0.25) is 0 Å². The van der Waals surface area contributed by atoms with Gasteiger partial charge in [-0.2, -0.15) is 0 Å². The van der Waals surface area contributed by atoms with E-state index in [0.29, 0.717) is 13.1 Å². The van der Waals surface area contributed by atoms with Crippen LogP contribution in [0.5, 0.6) is 0 Å². The molecule has 0 spiro atoms. The van der Waals surface area contributed by atoms with E-state index < -0.39 is 5.60 Å². The zero-order valence-electron chi connectivity index (χ0n) is 16.0. The molecule has 0 unspecified atom stereocenters. The third-order valence-corrected chi connectivity index (χ3v) is 5.46. The Hall–Kier alpha value is -2.20. The summed E-state index contributed by atoms with van der Waals surface area (Å²) >= 11 is 6.63. The fourth-order valence-electron chi connectivity index (χ4n) is 4.07. The van der Waals surface area contributed by atoms with Crippen LogP contribution in [0.4, 0.5) is 16.2 Å². The molecule has 2 aromatic carbocycles. The molecule has 27 heavy (non-hydrogen) atoms. The van der Waals surface area contributed by atoms with Crippen LogP contribution in [-0.4, -0.2) is 36.2 Å². The first-order chi connectivity index (χ1) is 12.8. The molecule has 2 aromatic rings. The lowest BCUT2D eigenvalue weighted by atomic mass is 9.95. The normalized spacial score (nSPS) is 18.9. The average molecular weight is 385 g/mol. The Bertz CT molecular complexity index is 861. The monoisotopic (exact) mass is 384 g/mol. The summed E-state index contributed by atoms with van der Waals surface area (Å²) < 4.78 is 5.62. The molecule has 2 aliphatic rings. The molecule has 1 atom stereocenters. The van der Waals surface area contributed by atoms with Crippen LogP contribution < -0.4 is 4.90 Å². The molecule has 0 saturated heterocycles. The van der Waals surface area contributed by atoms with Gasteiger partial charge in [0, 0.05) is 31.2 Å². The fraction of sp³-hybridized carbons (Fsp3) is 0.409. The van der Waals surface area contributed by atoms with Crippen LogP contribution >= 0.6 is 11.6 Å². The van der Waals surface area contributed by atoms with E-state index in [9.17, 15) is 4.79 Å². The van der Waals surface area contributed by atoms with Gasteiger partial charge in [-0.3, -0.25) is 0 Å². The van der Waals surface area contributed by atoms with E-state index in [1.165, 1.54) is 11.1 Å². The average Bonchev–Trinajstić information content (AvgIpc) is 2.89. The standard InChI is InChI=1S/C22H25ClN2O2/c1-22(2,3)27-21(26)24-12-11-15-9-10-18(23)20-19(15)16(13-24)14-25(20)17-7-5-4-6-8-17/h4-10,16H,11-14H2,1-3H3/t16-/m0/s1. The van der Waals surface area contributed by atoms with Crippen LogP contribution in [0.1, 0.15) is 37.8 Å². The van der Waals surface area contributed by atoms with Crippen LogP contribution in [0.3, 0.4) is 0 Å². The number of halogens is 1. The minimum Gasteiger partial charge on any atom is -0.444 e. The number of para-hydroxylation sites is 1. The molecule has 0 bridgehead atoms. The van der Waals surface area contributed by atoms with Gasteiger partial charge >= 0.3 is 6.09 Å². The van der Waals surface area contributed by atoms with E-state index >= 15 is 0 Å². The van der Waals surface area contributed by atoms with E-state index in [1.807, 2.05) is 49.9 Å². The van der Waals surface area contributed by atoms with Gasteiger partial charge in [0.15, 0.2) is 0 Å². The summed E-state index contributed by atoms with van der Waals surface area (Å²) in [6.07, 6.45) is 0.582. The molecular weight excluding hydrogens is 360 g/mol. The summed E-state index contributed by atoms with van der Waals surface area (Å²) in [4.78, 5) is 16.8. The minimum absolute atomic E-state index is 0.226. The third kappa shape index (κ3) is 3.51. The number of hydrogen-bond acceptors (Lipinski definition) is 3. The summed E-state index contributed by atoms with van der Waals surface area (Å²) in [6.45, 7) is 7.85. The fourth-order valence-corrected chi connectivity index (χ4v) is 4.34. The first kappa shape index (κ1) is 18.2. The molecule has 142 valence electrons. The predicted octanol–water partition coefficient (Wildman–Crippen LogP) is 5.37. The molecule has 0 aliphatic carbocycles. The number of rotatable bonds is 1. The Kier molecular flexibility index (Phi) is 4.55. The Balaban J connectivity index is 1.69. The Morgan fingerprint density at radius 2 is 1.85 bits per heavy atom. The Morgan fingerprint density at radius 3 is 2.56 bits per heavy atom. The van der Waals surface area contributed by atoms with Crippen LogP contribution in [-0.2, 0) is 11.2 Å². The summed E-state index contributed by atoms with van der Waals surface area (Å²) in [6, 6.07) is 14.4. The van der Waals surface area contributed by atoms with Crippen LogP contribution in [0.15, 0.2) is 42.5 Å². The van der Waals surface area contributed by atoms with Crippen molar-refractivity contribution < 1.29 is 9.53 Å². The number of ether oxygens (including phenoxy) is 1. The van der Waals surface area contributed by atoms with Crippen molar-refractivity contribution in [2.45, 2.75) is 38.7 Å². The molecular formula is C22H25ClN2O2. The molecule has 4 nitrogen and oxygen atoms in total. The van der Waals surface area contributed by atoms with Crippen molar-refractivity contribution in [2.24, 2.45) is 0 Å². The largest absolute Gasteiger partial charge is 0.444 e. The van der Waals surface area contributed by atoms with E-state index in [0.717, 1.165) is 29.4 Å². The molecule has 4 rings (SSSR count). The minimum atomic E-state index is -0.490. The van der Waals surface area contributed by atoms with Crippen LogP contribution in [0, 0.1) is 0 Å². The van der Waals surface area contributed by atoms with Crippen molar-refractivity contribution in [2.75, 3.05) is 24.5 Å². The quantitative estimate of drug-likeness (QED) is 0.662. The maximum absolute atomic E-state index is 12.7. The second-order valence-corrected chi connectivity index (χ2v) is 8.70. The van der Waals surface area contributed by atoms with Crippen LogP contribution in [0.25, 0.3) is 0 Å². The molecule has 0 fully saturated rings. The number of carbonyl (C=O) groups excluding carboxylic acids is 1. The number of anilines is 2. The van der Waals surface area contributed by atoms with E-state index in [4.69, 9.17) is 16.3 Å². The topological polar surface area (TPSA) is 32.8 Å². The second-order valence-electron chi connectivity index (χ2n) is 8.29. The van der Waals surface area contributed by atoms with Gasteiger partial charge in [-0.1, -0.05) is 35.9 Å². The lowest BCUT2D eigenvalue weighted by Crippen LogP contribution is -2.39. The van der Waals surface area contributed by atoms with Gasteiger partial charge in [-0.25, -0.2) is 4.79 Å². The summed E-state index contributed by atoms with van der Waals surface area (Å²) in [7, 11) is 0. The highest BCUT2D eigenvalue weighted by Gasteiger charge is 2.38. The predicted molar refractivity (Wildman–Crippen MR) is 109 cm³/mol. The molecule has 0 N–H and O–H groups in total. The van der Waals surface area contributed by atoms with Crippen molar-refractivity contribution in [3.63, 3.8) is 0 Å². The first-order valence-corrected chi connectivity index (χ1v) is 9.83. The highest BCUT2D eigenvalue weighted by Crippen LogP contribution is 2.48.